The van der Waals surface area contributed by atoms with E-state index < -0.39 is 5.97 Å². The van der Waals surface area contributed by atoms with Gasteiger partial charge in [-0.15, -0.1) is 0 Å². The second-order valence-corrected chi connectivity index (χ2v) is 7.36. The fourth-order valence-corrected chi connectivity index (χ4v) is 3.55. The molecule has 1 saturated heterocycles. The Hall–Kier alpha value is -2.77. The van der Waals surface area contributed by atoms with E-state index in [1.807, 2.05) is 30.3 Å². The molecular weight excluding hydrogens is 408 g/mol. The van der Waals surface area contributed by atoms with Crippen molar-refractivity contribution < 1.29 is 23.8 Å². The van der Waals surface area contributed by atoms with Crippen molar-refractivity contribution in [3.8, 4) is 5.75 Å². The lowest BCUT2D eigenvalue weighted by Gasteiger charge is -2.26. The number of carbonyl (C=O) groups excluding carboxylic acids is 2. The molecule has 0 aliphatic carbocycles. The standard InChI is InChI=1S/C22H25ClN2O5/c1-28-20-12-19(18(23)11-17(20)21(26)29-2)24-22(27)25(14-16-9-6-10-30-16)13-15-7-4-3-5-8-15/h3-5,7-8,11-12,16H,6,9-10,13-14H2,1-2H3,(H,24,27)/t16-/m0/s1. The number of halogens is 1. The first-order valence-electron chi connectivity index (χ1n) is 9.69. The number of methoxy groups -OCH3 is 2. The van der Waals surface area contributed by atoms with Crippen LogP contribution in [0.1, 0.15) is 28.8 Å². The Bertz CT molecular complexity index is 885. The van der Waals surface area contributed by atoms with Crippen molar-refractivity contribution in [1.82, 2.24) is 4.90 Å². The average molecular weight is 433 g/mol. The predicted octanol–water partition coefficient (Wildman–Crippen LogP) is 4.35. The van der Waals surface area contributed by atoms with Crippen LogP contribution in [0.5, 0.6) is 5.75 Å². The van der Waals surface area contributed by atoms with Crippen molar-refractivity contribution in [3.05, 3.63) is 58.6 Å². The third-order valence-electron chi connectivity index (χ3n) is 4.89. The first-order chi connectivity index (χ1) is 14.5. The van der Waals surface area contributed by atoms with Crippen LogP contribution in [0.15, 0.2) is 42.5 Å². The molecule has 7 nitrogen and oxygen atoms in total. The van der Waals surface area contributed by atoms with Crippen LogP contribution in [0.3, 0.4) is 0 Å². The van der Waals surface area contributed by atoms with E-state index in [9.17, 15) is 9.59 Å². The van der Waals surface area contributed by atoms with Crippen LogP contribution in [0.25, 0.3) is 0 Å². The molecule has 1 atom stereocenters. The van der Waals surface area contributed by atoms with Crippen LogP contribution in [0.2, 0.25) is 5.02 Å². The Balaban J connectivity index is 1.81. The van der Waals surface area contributed by atoms with Gasteiger partial charge in [0, 0.05) is 25.8 Å². The van der Waals surface area contributed by atoms with Gasteiger partial charge in [-0.25, -0.2) is 9.59 Å². The van der Waals surface area contributed by atoms with Crippen molar-refractivity contribution in [2.24, 2.45) is 0 Å². The van der Waals surface area contributed by atoms with Crippen LogP contribution >= 0.6 is 11.6 Å². The van der Waals surface area contributed by atoms with Gasteiger partial charge in [0.2, 0.25) is 0 Å². The molecule has 0 aromatic heterocycles. The molecular formula is C22H25ClN2O5. The highest BCUT2D eigenvalue weighted by Gasteiger charge is 2.24. The quantitative estimate of drug-likeness (QED) is 0.658. The minimum atomic E-state index is -0.573. The number of hydrogen-bond donors (Lipinski definition) is 1. The Morgan fingerprint density at radius 1 is 1.23 bits per heavy atom. The first kappa shape index (κ1) is 21.9. The number of rotatable bonds is 7. The molecule has 160 valence electrons. The van der Waals surface area contributed by atoms with Gasteiger partial charge in [-0.2, -0.15) is 0 Å². The number of nitrogens with zero attached hydrogens (tertiary/aromatic N) is 1. The number of nitrogens with one attached hydrogen (secondary N) is 1. The van der Waals surface area contributed by atoms with Gasteiger partial charge in [-0.1, -0.05) is 41.9 Å². The zero-order valence-corrected chi connectivity index (χ0v) is 17.8. The molecule has 30 heavy (non-hydrogen) atoms. The molecule has 2 amide bonds. The van der Waals surface area contributed by atoms with E-state index in [1.165, 1.54) is 26.4 Å². The van der Waals surface area contributed by atoms with Crippen LogP contribution in [-0.4, -0.2) is 50.4 Å². The summed E-state index contributed by atoms with van der Waals surface area (Å²) in [4.78, 5) is 26.7. The molecule has 1 heterocycles. The van der Waals surface area contributed by atoms with Gasteiger partial charge < -0.3 is 24.4 Å². The molecule has 3 rings (SSSR count). The largest absolute Gasteiger partial charge is 0.496 e. The lowest BCUT2D eigenvalue weighted by atomic mass is 10.1. The Kier molecular flexibility index (Phi) is 7.54. The zero-order valence-electron chi connectivity index (χ0n) is 17.0. The minimum absolute atomic E-state index is 0.00571. The summed E-state index contributed by atoms with van der Waals surface area (Å²) >= 11 is 6.32. The zero-order chi connectivity index (χ0) is 21.5. The van der Waals surface area contributed by atoms with E-state index >= 15 is 0 Å². The number of carbonyl (C=O) groups is 2. The molecule has 0 radical (unpaired) electrons. The van der Waals surface area contributed by atoms with Gasteiger partial charge in [-0.05, 0) is 24.5 Å². The highest BCUT2D eigenvalue weighted by Crippen LogP contribution is 2.32. The summed E-state index contributed by atoms with van der Waals surface area (Å²) in [6.07, 6.45) is 1.91. The fourth-order valence-electron chi connectivity index (χ4n) is 3.34. The van der Waals surface area contributed by atoms with Crippen molar-refractivity contribution >= 4 is 29.3 Å². The maximum atomic E-state index is 13.1. The summed E-state index contributed by atoms with van der Waals surface area (Å²) < 4.78 is 15.7. The Morgan fingerprint density at radius 3 is 2.63 bits per heavy atom. The molecule has 2 aromatic rings. The van der Waals surface area contributed by atoms with Crippen LogP contribution in [-0.2, 0) is 16.0 Å². The van der Waals surface area contributed by atoms with Gasteiger partial charge in [0.05, 0.1) is 31.0 Å². The third-order valence-corrected chi connectivity index (χ3v) is 5.20. The van der Waals surface area contributed by atoms with E-state index in [0.717, 1.165) is 18.4 Å². The van der Waals surface area contributed by atoms with Gasteiger partial charge >= 0.3 is 12.0 Å². The van der Waals surface area contributed by atoms with Crippen molar-refractivity contribution in [2.75, 3.05) is 32.7 Å². The molecule has 8 heteroatoms. The molecule has 1 fully saturated rings. The van der Waals surface area contributed by atoms with E-state index in [4.69, 9.17) is 25.8 Å². The first-order valence-corrected chi connectivity index (χ1v) is 10.1. The summed E-state index contributed by atoms with van der Waals surface area (Å²) in [5, 5.41) is 3.04. The molecule has 1 N–H and O–H groups in total. The number of esters is 1. The SMILES string of the molecule is COC(=O)c1cc(Cl)c(NC(=O)N(Cc2ccccc2)C[C@@H]2CCCO2)cc1OC. The Morgan fingerprint density at radius 2 is 2.00 bits per heavy atom. The van der Waals surface area contributed by atoms with Gasteiger partial charge in [0.1, 0.15) is 11.3 Å². The molecule has 0 saturated carbocycles. The van der Waals surface area contributed by atoms with Crippen molar-refractivity contribution in [1.29, 1.82) is 0 Å². The number of amides is 2. The van der Waals surface area contributed by atoms with Gasteiger partial charge in [0.15, 0.2) is 0 Å². The summed E-state index contributed by atoms with van der Waals surface area (Å²) in [5.74, 6) is -0.314. The second kappa shape index (κ2) is 10.3. The highest BCUT2D eigenvalue weighted by molar-refractivity contribution is 6.34. The lowest BCUT2D eigenvalue weighted by Crippen LogP contribution is -2.39. The van der Waals surface area contributed by atoms with E-state index in [2.05, 4.69) is 5.32 Å². The summed E-state index contributed by atoms with van der Waals surface area (Å²) in [6, 6.07) is 12.4. The molecule has 0 unspecified atom stereocenters. The fraction of sp³-hybridized carbons (Fsp3) is 0.364. The number of hydrogen-bond acceptors (Lipinski definition) is 5. The van der Waals surface area contributed by atoms with Crippen LogP contribution in [0.4, 0.5) is 10.5 Å². The van der Waals surface area contributed by atoms with Gasteiger partial charge in [0.25, 0.3) is 0 Å². The molecule has 0 bridgehead atoms. The highest BCUT2D eigenvalue weighted by atomic mass is 35.5. The number of ether oxygens (including phenoxy) is 3. The predicted molar refractivity (Wildman–Crippen MR) is 114 cm³/mol. The van der Waals surface area contributed by atoms with E-state index in [0.29, 0.717) is 25.4 Å². The molecule has 0 spiro atoms. The minimum Gasteiger partial charge on any atom is -0.496 e. The van der Waals surface area contributed by atoms with Crippen LogP contribution < -0.4 is 10.1 Å². The summed E-state index contributed by atoms with van der Waals surface area (Å²) in [5.41, 5.74) is 1.54. The topological polar surface area (TPSA) is 77.1 Å². The molecule has 1 aliphatic heterocycles. The maximum Gasteiger partial charge on any atom is 0.341 e. The number of urea groups is 1. The van der Waals surface area contributed by atoms with Gasteiger partial charge in [-0.3, -0.25) is 0 Å². The normalized spacial score (nSPS) is 15.5. The smallest absolute Gasteiger partial charge is 0.341 e. The van der Waals surface area contributed by atoms with E-state index in [-0.39, 0.29) is 28.5 Å². The monoisotopic (exact) mass is 432 g/mol. The maximum absolute atomic E-state index is 13.1. The average Bonchev–Trinajstić information content (AvgIpc) is 3.27. The Labute approximate surface area is 180 Å². The van der Waals surface area contributed by atoms with E-state index in [1.54, 1.807) is 4.90 Å². The number of anilines is 1. The van der Waals surface area contributed by atoms with Crippen molar-refractivity contribution in [3.63, 3.8) is 0 Å². The van der Waals surface area contributed by atoms with Crippen LogP contribution in [0, 0.1) is 0 Å². The summed E-state index contributed by atoms with van der Waals surface area (Å²) in [6.45, 7) is 1.61. The second-order valence-electron chi connectivity index (χ2n) is 6.96. The lowest BCUT2D eigenvalue weighted by molar-refractivity contribution is 0.0597. The molecule has 1 aliphatic rings. The molecule has 2 aromatic carbocycles. The summed E-state index contributed by atoms with van der Waals surface area (Å²) in [7, 11) is 2.71. The number of benzene rings is 2. The third kappa shape index (κ3) is 5.43. The van der Waals surface area contributed by atoms with Crippen molar-refractivity contribution in [2.45, 2.75) is 25.5 Å².